The van der Waals surface area contributed by atoms with Crippen LogP contribution in [0.15, 0.2) is 34.8 Å². The number of aromatic nitrogens is 2. The molecule has 1 heterocycles. The van der Waals surface area contributed by atoms with Crippen molar-refractivity contribution in [2.24, 2.45) is 0 Å². The molecule has 0 amide bonds. The van der Waals surface area contributed by atoms with Crippen LogP contribution in [-0.2, 0) is 6.42 Å². The highest BCUT2D eigenvalue weighted by Gasteiger charge is 2.03. The molecule has 1 aromatic carbocycles. The van der Waals surface area contributed by atoms with Crippen molar-refractivity contribution < 1.29 is 0 Å². The molecule has 2 N–H and O–H groups in total. The fourth-order valence-corrected chi connectivity index (χ4v) is 1.74. The quantitative estimate of drug-likeness (QED) is 0.927. The van der Waals surface area contributed by atoms with Gasteiger partial charge in [-0.25, -0.2) is 0 Å². The van der Waals surface area contributed by atoms with Crippen molar-refractivity contribution in [3.05, 3.63) is 51.1 Å². The highest BCUT2D eigenvalue weighted by molar-refractivity contribution is 9.10. The van der Waals surface area contributed by atoms with Crippen LogP contribution < -0.4 is 5.73 Å². The number of rotatable bonds is 2. The summed E-state index contributed by atoms with van der Waals surface area (Å²) in [6.45, 7) is 0. The lowest BCUT2D eigenvalue weighted by Crippen LogP contribution is -1.99. The maximum atomic E-state index is 5.87. The van der Waals surface area contributed by atoms with Crippen molar-refractivity contribution in [3.63, 3.8) is 0 Å². The van der Waals surface area contributed by atoms with E-state index in [4.69, 9.17) is 17.3 Å². The van der Waals surface area contributed by atoms with E-state index in [2.05, 4.69) is 26.1 Å². The number of nitrogens with two attached hydrogens (primary N) is 1. The summed E-state index contributed by atoms with van der Waals surface area (Å²) in [5, 5.41) is 8.21. The normalized spacial score (nSPS) is 10.4. The molecule has 82 valence electrons. The first-order valence-corrected chi connectivity index (χ1v) is 5.84. The van der Waals surface area contributed by atoms with Gasteiger partial charge in [0.1, 0.15) is 0 Å². The molecule has 0 radical (unpaired) electrons. The summed E-state index contributed by atoms with van der Waals surface area (Å²) in [5.41, 5.74) is 7.45. The molecular formula is C11H9BrClN3. The molecule has 2 aromatic rings. The zero-order valence-electron chi connectivity index (χ0n) is 8.32. The van der Waals surface area contributed by atoms with Crippen molar-refractivity contribution in [2.75, 3.05) is 5.73 Å². The molecule has 2 rings (SSSR count). The maximum Gasteiger partial charge on any atom is 0.164 e. The minimum Gasteiger partial charge on any atom is -0.381 e. The van der Waals surface area contributed by atoms with Crippen LogP contribution in [0.3, 0.4) is 0 Å². The van der Waals surface area contributed by atoms with Crippen LogP contribution in [0.5, 0.6) is 0 Å². The topological polar surface area (TPSA) is 51.8 Å². The third-order valence-corrected chi connectivity index (χ3v) is 2.95. The summed E-state index contributed by atoms with van der Waals surface area (Å²) in [6.07, 6.45) is 0.695. The van der Waals surface area contributed by atoms with Crippen LogP contribution in [0.4, 0.5) is 5.82 Å². The fourth-order valence-electron chi connectivity index (χ4n) is 1.31. The van der Waals surface area contributed by atoms with Crippen molar-refractivity contribution in [2.45, 2.75) is 6.42 Å². The highest BCUT2D eigenvalue weighted by atomic mass is 79.9. The maximum absolute atomic E-state index is 5.87. The van der Waals surface area contributed by atoms with Gasteiger partial charge in [0.25, 0.3) is 0 Å². The minimum absolute atomic E-state index is 0.265. The highest BCUT2D eigenvalue weighted by Crippen LogP contribution is 2.18. The van der Waals surface area contributed by atoms with Gasteiger partial charge in [-0.2, -0.15) is 5.10 Å². The summed E-state index contributed by atoms with van der Waals surface area (Å²) in [5.74, 6) is 0.265. The first-order chi connectivity index (χ1) is 7.65. The second-order valence-electron chi connectivity index (χ2n) is 3.37. The molecule has 0 aliphatic carbocycles. The van der Waals surface area contributed by atoms with E-state index >= 15 is 0 Å². The van der Waals surface area contributed by atoms with E-state index in [0.717, 1.165) is 15.7 Å². The average molecular weight is 299 g/mol. The Labute approximate surface area is 107 Å². The Morgan fingerprint density at radius 2 is 1.88 bits per heavy atom. The second-order valence-corrected chi connectivity index (χ2v) is 4.69. The Morgan fingerprint density at radius 1 is 1.19 bits per heavy atom. The molecule has 1 aromatic heterocycles. The molecule has 0 spiro atoms. The molecule has 0 aliphatic heterocycles. The molecule has 0 unspecified atom stereocenters. The number of hydrogen-bond donors (Lipinski definition) is 1. The van der Waals surface area contributed by atoms with Gasteiger partial charge in [-0.1, -0.05) is 39.7 Å². The lowest BCUT2D eigenvalue weighted by atomic mass is 10.1. The Kier molecular flexibility index (Phi) is 3.41. The predicted octanol–water partition coefficient (Wildman–Crippen LogP) is 3.07. The van der Waals surface area contributed by atoms with Gasteiger partial charge in [0.15, 0.2) is 5.82 Å². The van der Waals surface area contributed by atoms with Crippen molar-refractivity contribution in [1.29, 1.82) is 0 Å². The molecule has 0 saturated heterocycles. The van der Waals surface area contributed by atoms with Gasteiger partial charge < -0.3 is 5.73 Å². The van der Waals surface area contributed by atoms with E-state index < -0.39 is 0 Å². The number of halogens is 2. The van der Waals surface area contributed by atoms with E-state index in [-0.39, 0.29) is 5.82 Å². The fraction of sp³-hybridized carbons (Fsp3) is 0.0909. The Hall–Kier alpha value is -1.13. The number of hydrogen-bond acceptors (Lipinski definition) is 3. The molecule has 5 heteroatoms. The monoisotopic (exact) mass is 297 g/mol. The van der Waals surface area contributed by atoms with Crippen LogP contribution in [0.25, 0.3) is 0 Å². The van der Waals surface area contributed by atoms with Gasteiger partial charge in [0, 0.05) is 10.9 Å². The van der Waals surface area contributed by atoms with Gasteiger partial charge in [-0.15, -0.1) is 5.10 Å². The third kappa shape index (κ3) is 2.71. The summed E-state index contributed by atoms with van der Waals surface area (Å²) in [6, 6.07) is 9.77. The lowest BCUT2D eigenvalue weighted by Gasteiger charge is -2.02. The summed E-state index contributed by atoms with van der Waals surface area (Å²) < 4.78 is 1.05. The van der Waals surface area contributed by atoms with Gasteiger partial charge >= 0.3 is 0 Å². The number of anilines is 1. The molecule has 16 heavy (non-hydrogen) atoms. The van der Waals surface area contributed by atoms with Crippen LogP contribution >= 0.6 is 27.5 Å². The first kappa shape index (κ1) is 11.4. The zero-order valence-corrected chi connectivity index (χ0v) is 10.7. The molecule has 0 aliphatic rings. The Bertz CT molecular complexity index is 499. The van der Waals surface area contributed by atoms with Gasteiger partial charge in [0.2, 0.25) is 0 Å². The van der Waals surface area contributed by atoms with Crippen LogP contribution in [0.1, 0.15) is 11.3 Å². The van der Waals surface area contributed by atoms with E-state index in [9.17, 15) is 0 Å². The summed E-state index contributed by atoms with van der Waals surface area (Å²) >= 11 is 9.26. The number of nitrogen functional groups attached to an aromatic ring is 1. The van der Waals surface area contributed by atoms with Gasteiger partial charge in [-0.3, -0.25) is 0 Å². The third-order valence-electron chi connectivity index (χ3n) is 2.12. The number of nitrogens with zero attached hydrogens (tertiary/aromatic N) is 2. The molecule has 0 atom stereocenters. The van der Waals surface area contributed by atoms with Crippen LogP contribution in [0.2, 0.25) is 5.02 Å². The molecular weight excluding hydrogens is 289 g/mol. The number of benzene rings is 1. The summed E-state index contributed by atoms with van der Waals surface area (Å²) in [7, 11) is 0. The molecule has 0 bridgehead atoms. The van der Waals surface area contributed by atoms with E-state index in [1.807, 2.05) is 24.3 Å². The summed E-state index contributed by atoms with van der Waals surface area (Å²) in [4.78, 5) is 0. The van der Waals surface area contributed by atoms with Gasteiger partial charge in [-0.05, 0) is 23.8 Å². The minimum atomic E-state index is 0.265. The SMILES string of the molecule is Nc1nnc(Cc2ccc(Br)cc2)cc1Cl. The lowest BCUT2D eigenvalue weighted by molar-refractivity contribution is 0.945. The van der Waals surface area contributed by atoms with E-state index in [1.165, 1.54) is 0 Å². The zero-order chi connectivity index (χ0) is 11.5. The molecule has 0 fully saturated rings. The van der Waals surface area contributed by atoms with Gasteiger partial charge in [0.05, 0.1) is 10.7 Å². The Morgan fingerprint density at radius 3 is 2.50 bits per heavy atom. The van der Waals surface area contributed by atoms with Crippen molar-refractivity contribution in [3.8, 4) is 0 Å². The van der Waals surface area contributed by atoms with Crippen molar-refractivity contribution >= 4 is 33.3 Å². The average Bonchev–Trinajstić information content (AvgIpc) is 2.27. The smallest absolute Gasteiger partial charge is 0.164 e. The standard InChI is InChI=1S/C11H9BrClN3/c12-8-3-1-7(2-4-8)5-9-6-10(13)11(14)16-15-9/h1-4,6H,5H2,(H2,14,16). The first-order valence-electron chi connectivity index (χ1n) is 4.67. The molecule has 3 nitrogen and oxygen atoms in total. The molecule has 0 saturated carbocycles. The van der Waals surface area contributed by atoms with Crippen LogP contribution in [0, 0.1) is 0 Å². The van der Waals surface area contributed by atoms with E-state index in [0.29, 0.717) is 11.4 Å². The van der Waals surface area contributed by atoms with E-state index in [1.54, 1.807) is 6.07 Å². The predicted molar refractivity (Wildman–Crippen MR) is 68.4 cm³/mol. The Balaban J connectivity index is 2.20. The second kappa shape index (κ2) is 4.80. The largest absolute Gasteiger partial charge is 0.381 e. The van der Waals surface area contributed by atoms with Crippen molar-refractivity contribution in [1.82, 2.24) is 10.2 Å². The van der Waals surface area contributed by atoms with Crippen LogP contribution in [-0.4, -0.2) is 10.2 Å².